The average Bonchev–Trinajstić information content (AvgIpc) is 3.12. The highest BCUT2D eigenvalue weighted by molar-refractivity contribution is 7.99. The summed E-state index contributed by atoms with van der Waals surface area (Å²) in [5.41, 5.74) is 1.13. The maximum atomic E-state index is 11.3. The summed E-state index contributed by atoms with van der Waals surface area (Å²) >= 11 is 3.03. The van der Waals surface area contributed by atoms with E-state index in [0.717, 1.165) is 10.4 Å². The Morgan fingerprint density at radius 2 is 2.40 bits per heavy atom. The van der Waals surface area contributed by atoms with Crippen LogP contribution in [0.4, 0.5) is 4.79 Å². The lowest BCUT2D eigenvalue weighted by molar-refractivity contribution is 0.160. The minimum Gasteiger partial charge on any atom is -0.448 e. The molecule has 0 saturated carbocycles. The lowest BCUT2D eigenvalue weighted by Gasteiger charge is -2.10. The van der Waals surface area contributed by atoms with Crippen molar-refractivity contribution < 1.29 is 13.9 Å². The van der Waals surface area contributed by atoms with Crippen molar-refractivity contribution in [1.29, 1.82) is 0 Å². The molecule has 1 saturated heterocycles. The first-order valence-corrected chi connectivity index (χ1v) is 8.03. The molecule has 0 unspecified atom stereocenters. The molecule has 1 aliphatic rings. The summed E-state index contributed by atoms with van der Waals surface area (Å²) in [5.74, 6) is 1.26. The predicted octanol–water partition coefficient (Wildman–Crippen LogP) is 2.65. The highest BCUT2D eigenvalue weighted by atomic mass is 32.2. The zero-order valence-corrected chi connectivity index (χ0v) is 12.5. The van der Waals surface area contributed by atoms with Crippen LogP contribution in [-0.2, 0) is 4.74 Å². The lowest BCUT2D eigenvalue weighted by atomic mass is 10.3. The molecular formula is C12H13N3O3S2. The first-order chi connectivity index (χ1) is 9.74. The van der Waals surface area contributed by atoms with Crippen LogP contribution >= 0.6 is 23.1 Å². The van der Waals surface area contributed by atoms with Crippen molar-refractivity contribution in [3.8, 4) is 10.8 Å². The number of cyclic esters (lactones) is 1. The quantitative estimate of drug-likeness (QED) is 0.791. The Hall–Kier alpha value is -1.54. The molecule has 0 radical (unpaired) electrons. The number of aromatic nitrogens is 2. The van der Waals surface area contributed by atoms with Gasteiger partial charge in [0.25, 0.3) is 11.1 Å². The highest BCUT2D eigenvalue weighted by Gasteiger charge is 2.21. The van der Waals surface area contributed by atoms with E-state index in [0.29, 0.717) is 36.6 Å². The van der Waals surface area contributed by atoms with Gasteiger partial charge in [-0.05, 0) is 23.9 Å². The van der Waals surface area contributed by atoms with E-state index >= 15 is 0 Å². The Labute approximate surface area is 124 Å². The van der Waals surface area contributed by atoms with E-state index in [1.807, 2.05) is 18.4 Å². The van der Waals surface area contributed by atoms with Gasteiger partial charge in [0, 0.05) is 12.3 Å². The van der Waals surface area contributed by atoms with Gasteiger partial charge in [-0.2, -0.15) is 0 Å². The summed E-state index contributed by atoms with van der Waals surface area (Å²) < 4.78 is 10.5. The van der Waals surface area contributed by atoms with E-state index in [2.05, 4.69) is 10.2 Å². The van der Waals surface area contributed by atoms with Gasteiger partial charge in [0.2, 0.25) is 0 Å². The van der Waals surface area contributed by atoms with Gasteiger partial charge in [-0.1, -0.05) is 11.8 Å². The number of amides is 1. The van der Waals surface area contributed by atoms with Crippen LogP contribution in [0.25, 0.3) is 10.8 Å². The summed E-state index contributed by atoms with van der Waals surface area (Å²) in [7, 11) is 0. The molecular weight excluding hydrogens is 298 g/mol. The molecule has 1 aliphatic heterocycles. The Kier molecular flexibility index (Phi) is 3.93. The van der Waals surface area contributed by atoms with Crippen molar-refractivity contribution in [2.45, 2.75) is 12.1 Å². The van der Waals surface area contributed by atoms with Crippen LogP contribution in [0.1, 0.15) is 5.56 Å². The summed E-state index contributed by atoms with van der Waals surface area (Å²) in [5, 5.41) is 10.6. The Bertz CT molecular complexity index is 611. The highest BCUT2D eigenvalue weighted by Crippen LogP contribution is 2.29. The molecule has 1 fully saturated rings. The SMILES string of the molecule is Cc1ccsc1-c1nnc(SCCN2CCOC2=O)o1. The molecule has 0 bridgehead atoms. The third-order valence-electron chi connectivity index (χ3n) is 2.89. The van der Waals surface area contributed by atoms with Gasteiger partial charge in [-0.3, -0.25) is 0 Å². The Morgan fingerprint density at radius 1 is 1.50 bits per heavy atom. The number of nitrogens with zero attached hydrogens (tertiary/aromatic N) is 3. The fourth-order valence-corrected chi connectivity index (χ4v) is 3.39. The largest absolute Gasteiger partial charge is 0.448 e. The molecule has 20 heavy (non-hydrogen) atoms. The third kappa shape index (κ3) is 2.80. The molecule has 0 aliphatic carbocycles. The second kappa shape index (κ2) is 5.84. The Morgan fingerprint density at radius 3 is 3.10 bits per heavy atom. The molecule has 6 nitrogen and oxygen atoms in total. The van der Waals surface area contributed by atoms with E-state index < -0.39 is 0 Å². The van der Waals surface area contributed by atoms with Gasteiger partial charge in [-0.15, -0.1) is 21.5 Å². The van der Waals surface area contributed by atoms with Gasteiger partial charge >= 0.3 is 6.09 Å². The minimum atomic E-state index is -0.244. The third-order valence-corrected chi connectivity index (χ3v) is 4.70. The van der Waals surface area contributed by atoms with Crippen molar-refractivity contribution in [2.24, 2.45) is 0 Å². The number of thioether (sulfide) groups is 1. The number of rotatable bonds is 5. The van der Waals surface area contributed by atoms with Crippen LogP contribution in [0.2, 0.25) is 0 Å². The van der Waals surface area contributed by atoms with Gasteiger partial charge in [0.05, 0.1) is 11.4 Å². The van der Waals surface area contributed by atoms with Gasteiger partial charge in [0.15, 0.2) is 0 Å². The zero-order valence-electron chi connectivity index (χ0n) is 10.9. The van der Waals surface area contributed by atoms with E-state index in [-0.39, 0.29) is 6.09 Å². The van der Waals surface area contributed by atoms with Crippen LogP contribution in [0, 0.1) is 6.92 Å². The molecule has 3 heterocycles. The molecule has 106 valence electrons. The van der Waals surface area contributed by atoms with Gasteiger partial charge < -0.3 is 14.1 Å². The standard InChI is InChI=1S/C12H13N3O3S2/c1-8-2-6-19-9(8)10-13-14-11(18-10)20-7-4-15-3-5-17-12(15)16/h2,6H,3-5,7H2,1H3. The number of hydrogen-bond donors (Lipinski definition) is 0. The summed E-state index contributed by atoms with van der Waals surface area (Å²) in [6.07, 6.45) is -0.244. The molecule has 3 rings (SSSR count). The van der Waals surface area contributed by atoms with Crippen molar-refractivity contribution in [2.75, 3.05) is 25.4 Å². The van der Waals surface area contributed by atoms with Crippen molar-refractivity contribution in [3.63, 3.8) is 0 Å². The normalized spacial score (nSPS) is 14.8. The number of ether oxygens (including phenoxy) is 1. The number of aryl methyl sites for hydroxylation is 1. The van der Waals surface area contributed by atoms with Crippen molar-refractivity contribution in [1.82, 2.24) is 15.1 Å². The fourth-order valence-electron chi connectivity index (χ4n) is 1.82. The predicted molar refractivity (Wildman–Crippen MR) is 76.0 cm³/mol. The van der Waals surface area contributed by atoms with E-state index in [1.54, 1.807) is 16.2 Å². The molecule has 2 aromatic rings. The molecule has 0 atom stereocenters. The smallest absolute Gasteiger partial charge is 0.409 e. The molecule has 0 spiro atoms. The zero-order chi connectivity index (χ0) is 13.9. The van der Waals surface area contributed by atoms with Crippen LogP contribution in [0.5, 0.6) is 0 Å². The second-order valence-corrected chi connectivity index (χ2v) is 6.22. The Balaban J connectivity index is 1.55. The van der Waals surface area contributed by atoms with E-state index in [9.17, 15) is 4.79 Å². The molecule has 0 aromatic carbocycles. The van der Waals surface area contributed by atoms with Crippen LogP contribution in [0.3, 0.4) is 0 Å². The fraction of sp³-hybridized carbons (Fsp3) is 0.417. The summed E-state index contributed by atoms with van der Waals surface area (Å²) in [6.45, 7) is 3.77. The second-order valence-electron chi connectivity index (χ2n) is 4.26. The number of thiophene rings is 1. The molecule has 0 N–H and O–H groups in total. The topological polar surface area (TPSA) is 68.5 Å². The maximum absolute atomic E-state index is 11.3. The van der Waals surface area contributed by atoms with Gasteiger partial charge in [0.1, 0.15) is 6.61 Å². The van der Waals surface area contributed by atoms with Crippen LogP contribution in [0.15, 0.2) is 21.1 Å². The minimum absolute atomic E-state index is 0.244. The summed E-state index contributed by atoms with van der Waals surface area (Å²) in [4.78, 5) is 13.9. The van der Waals surface area contributed by atoms with Crippen molar-refractivity contribution in [3.05, 3.63) is 17.0 Å². The first kappa shape index (κ1) is 13.4. The molecule has 2 aromatic heterocycles. The summed E-state index contributed by atoms with van der Waals surface area (Å²) in [6, 6.07) is 2.02. The van der Waals surface area contributed by atoms with Crippen LogP contribution in [-0.4, -0.2) is 46.6 Å². The number of hydrogen-bond acceptors (Lipinski definition) is 7. The first-order valence-electron chi connectivity index (χ1n) is 6.16. The van der Waals surface area contributed by atoms with Gasteiger partial charge in [-0.25, -0.2) is 4.79 Å². The number of carbonyl (C=O) groups excluding carboxylic acids is 1. The monoisotopic (exact) mass is 311 g/mol. The average molecular weight is 311 g/mol. The maximum Gasteiger partial charge on any atom is 0.409 e. The van der Waals surface area contributed by atoms with E-state index in [1.165, 1.54) is 11.8 Å². The lowest BCUT2D eigenvalue weighted by Crippen LogP contribution is -2.26. The van der Waals surface area contributed by atoms with Crippen molar-refractivity contribution >= 4 is 29.2 Å². The van der Waals surface area contributed by atoms with Crippen LogP contribution < -0.4 is 0 Å². The van der Waals surface area contributed by atoms with E-state index in [4.69, 9.17) is 9.15 Å². The molecule has 8 heteroatoms. The number of carbonyl (C=O) groups is 1. The molecule has 1 amide bonds.